The van der Waals surface area contributed by atoms with Crippen LogP contribution in [0.25, 0.3) is 11.3 Å². The van der Waals surface area contributed by atoms with E-state index in [0.29, 0.717) is 5.69 Å². The summed E-state index contributed by atoms with van der Waals surface area (Å²) < 4.78 is 28.1. The van der Waals surface area contributed by atoms with Crippen LogP contribution in [0.4, 0.5) is 5.69 Å². The van der Waals surface area contributed by atoms with E-state index in [4.69, 9.17) is 0 Å². The van der Waals surface area contributed by atoms with Crippen molar-refractivity contribution >= 4 is 33.4 Å². The Bertz CT molecular complexity index is 1200. The molecule has 0 atom stereocenters. The minimum Gasteiger partial charge on any atom is -0.325 e. The number of carbonyl (C=O) groups excluding carboxylic acids is 1. The van der Waals surface area contributed by atoms with Crippen molar-refractivity contribution in [3.05, 3.63) is 59.8 Å². The Morgan fingerprint density at radius 2 is 1.84 bits per heavy atom. The molecule has 0 saturated heterocycles. The van der Waals surface area contributed by atoms with Gasteiger partial charge in [-0.05, 0) is 42.7 Å². The average molecular weight is 459 g/mol. The number of rotatable bonds is 7. The van der Waals surface area contributed by atoms with E-state index >= 15 is 0 Å². The zero-order valence-electron chi connectivity index (χ0n) is 18.2. The summed E-state index contributed by atoms with van der Waals surface area (Å²) >= 11 is 1.33. The number of carbonyl (C=O) groups is 1. The zero-order valence-corrected chi connectivity index (χ0v) is 19.8. The number of hydrogen-bond acceptors (Lipinski definition) is 5. The van der Waals surface area contributed by atoms with Crippen molar-refractivity contribution in [3.8, 4) is 11.3 Å². The Balaban J connectivity index is 1.74. The second-order valence-electron chi connectivity index (χ2n) is 7.39. The number of thioether (sulfide) groups is 1. The highest BCUT2D eigenvalue weighted by Gasteiger charge is 2.20. The fourth-order valence-corrected chi connectivity index (χ4v) is 4.80. The molecular formula is C22H26N4O3S2. The Hall–Kier alpha value is -2.62. The predicted octanol–water partition coefficient (Wildman–Crippen LogP) is 3.69. The maximum absolute atomic E-state index is 12.6. The molecule has 3 aromatic rings. The lowest BCUT2D eigenvalue weighted by Crippen LogP contribution is -2.23. The minimum atomic E-state index is -3.60. The molecule has 3 rings (SSSR count). The number of benzene rings is 2. The lowest BCUT2D eigenvalue weighted by atomic mass is 10.1. The molecule has 2 aromatic carbocycles. The molecule has 0 aliphatic carbocycles. The highest BCUT2D eigenvalue weighted by molar-refractivity contribution is 7.99. The van der Waals surface area contributed by atoms with E-state index in [1.807, 2.05) is 55.8 Å². The monoisotopic (exact) mass is 458 g/mol. The van der Waals surface area contributed by atoms with Crippen LogP contribution in [0.5, 0.6) is 0 Å². The summed E-state index contributed by atoms with van der Waals surface area (Å²) in [7, 11) is 1.28. The van der Waals surface area contributed by atoms with Gasteiger partial charge in [0.25, 0.3) is 0 Å². The Labute approximate surface area is 187 Å². The molecule has 0 aliphatic heterocycles. The molecule has 0 aliphatic rings. The van der Waals surface area contributed by atoms with E-state index in [1.54, 1.807) is 12.3 Å². The highest BCUT2D eigenvalue weighted by atomic mass is 32.2. The summed E-state index contributed by atoms with van der Waals surface area (Å²) in [5.74, 6) is -0.0708. The summed E-state index contributed by atoms with van der Waals surface area (Å²) in [6.07, 6.45) is 1.79. The van der Waals surface area contributed by atoms with Crippen molar-refractivity contribution < 1.29 is 13.2 Å². The Morgan fingerprint density at radius 1 is 1.16 bits per heavy atom. The van der Waals surface area contributed by atoms with Crippen LogP contribution in [0, 0.1) is 13.8 Å². The number of nitrogens with zero attached hydrogens (tertiary/aromatic N) is 3. The number of aryl methyl sites for hydroxylation is 1. The standard InChI is InChI=1S/C22H26N4O3S2/c1-15-11-18(31(28,29)25(3)4)12-19(16(15)2)24-21(27)14-30-22-23-13-20(26(22)5)17-9-7-6-8-10-17/h6-13H,14H2,1-5H3,(H,24,27). The molecule has 7 nitrogen and oxygen atoms in total. The first-order chi connectivity index (χ1) is 14.6. The van der Waals surface area contributed by atoms with Gasteiger partial charge in [-0.3, -0.25) is 4.79 Å². The molecule has 9 heteroatoms. The van der Waals surface area contributed by atoms with Crippen LogP contribution < -0.4 is 5.32 Å². The molecule has 0 radical (unpaired) electrons. The van der Waals surface area contributed by atoms with Gasteiger partial charge in [0.1, 0.15) is 0 Å². The third-order valence-corrected chi connectivity index (χ3v) is 7.88. The maximum Gasteiger partial charge on any atom is 0.242 e. The number of sulfonamides is 1. The van der Waals surface area contributed by atoms with Gasteiger partial charge >= 0.3 is 0 Å². The van der Waals surface area contributed by atoms with Crippen molar-refractivity contribution in [1.82, 2.24) is 13.9 Å². The third kappa shape index (κ3) is 5.00. The number of anilines is 1. The van der Waals surface area contributed by atoms with Crippen molar-refractivity contribution in [3.63, 3.8) is 0 Å². The van der Waals surface area contributed by atoms with Crippen molar-refractivity contribution in [2.24, 2.45) is 7.05 Å². The number of aromatic nitrogens is 2. The molecule has 0 unspecified atom stereocenters. The van der Waals surface area contributed by atoms with Crippen LogP contribution in [0.2, 0.25) is 0 Å². The second kappa shape index (κ2) is 9.25. The highest BCUT2D eigenvalue weighted by Crippen LogP contribution is 2.27. The van der Waals surface area contributed by atoms with Gasteiger partial charge in [0.2, 0.25) is 15.9 Å². The van der Waals surface area contributed by atoms with Crippen molar-refractivity contribution in [1.29, 1.82) is 0 Å². The number of nitrogens with one attached hydrogen (secondary N) is 1. The first-order valence-electron chi connectivity index (χ1n) is 9.65. The van der Waals surface area contributed by atoms with Gasteiger partial charge in [0, 0.05) is 26.8 Å². The number of imidazole rings is 1. The lowest BCUT2D eigenvalue weighted by molar-refractivity contribution is -0.113. The fourth-order valence-electron chi connectivity index (χ4n) is 3.04. The van der Waals surface area contributed by atoms with Crippen molar-refractivity contribution in [2.45, 2.75) is 23.9 Å². The van der Waals surface area contributed by atoms with Crippen LogP contribution >= 0.6 is 11.8 Å². The van der Waals surface area contributed by atoms with E-state index in [0.717, 1.165) is 31.8 Å². The molecule has 31 heavy (non-hydrogen) atoms. The SMILES string of the molecule is Cc1cc(S(=O)(=O)N(C)C)cc(NC(=O)CSc2ncc(-c3ccccc3)n2C)c1C. The lowest BCUT2D eigenvalue weighted by Gasteiger charge is -2.16. The molecule has 0 fully saturated rings. The second-order valence-corrected chi connectivity index (χ2v) is 10.5. The molecule has 0 spiro atoms. The van der Waals surface area contributed by atoms with Gasteiger partial charge in [-0.15, -0.1) is 0 Å². The van der Waals surface area contributed by atoms with Crippen LogP contribution in [-0.4, -0.2) is 48.0 Å². The first-order valence-corrected chi connectivity index (χ1v) is 12.1. The van der Waals surface area contributed by atoms with Gasteiger partial charge in [-0.25, -0.2) is 17.7 Å². The smallest absolute Gasteiger partial charge is 0.242 e. The summed E-state index contributed by atoms with van der Waals surface area (Å²) in [5.41, 5.74) is 4.15. The van der Waals surface area contributed by atoms with Gasteiger partial charge in [-0.1, -0.05) is 42.1 Å². The van der Waals surface area contributed by atoms with Gasteiger partial charge in [0.05, 0.1) is 22.5 Å². The molecule has 1 amide bonds. The van der Waals surface area contributed by atoms with E-state index in [-0.39, 0.29) is 16.6 Å². The Kier molecular flexibility index (Phi) is 6.88. The summed E-state index contributed by atoms with van der Waals surface area (Å²) in [6.45, 7) is 3.68. The zero-order chi connectivity index (χ0) is 22.8. The van der Waals surface area contributed by atoms with Gasteiger partial charge in [0.15, 0.2) is 5.16 Å². The van der Waals surface area contributed by atoms with Crippen molar-refractivity contribution in [2.75, 3.05) is 25.2 Å². The van der Waals surface area contributed by atoms with E-state index < -0.39 is 10.0 Å². The average Bonchev–Trinajstić information content (AvgIpc) is 3.10. The quantitative estimate of drug-likeness (QED) is 0.546. The summed E-state index contributed by atoms with van der Waals surface area (Å²) in [4.78, 5) is 17.2. The topological polar surface area (TPSA) is 84.3 Å². The van der Waals surface area contributed by atoms with E-state index in [1.165, 1.54) is 31.9 Å². The summed E-state index contributed by atoms with van der Waals surface area (Å²) in [5, 5.41) is 3.58. The summed E-state index contributed by atoms with van der Waals surface area (Å²) in [6, 6.07) is 13.1. The van der Waals surface area contributed by atoms with E-state index in [9.17, 15) is 13.2 Å². The van der Waals surface area contributed by atoms with E-state index in [2.05, 4.69) is 10.3 Å². The maximum atomic E-state index is 12.6. The van der Waals surface area contributed by atoms with Crippen LogP contribution in [0.1, 0.15) is 11.1 Å². The molecule has 0 bridgehead atoms. The van der Waals surface area contributed by atoms with Gasteiger partial charge < -0.3 is 9.88 Å². The molecule has 1 N–H and O–H groups in total. The molecule has 1 aromatic heterocycles. The third-order valence-electron chi connectivity index (χ3n) is 5.04. The fraction of sp³-hybridized carbons (Fsp3) is 0.273. The van der Waals surface area contributed by atoms with Gasteiger partial charge in [-0.2, -0.15) is 0 Å². The van der Waals surface area contributed by atoms with Crippen LogP contribution in [-0.2, 0) is 21.9 Å². The Morgan fingerprint density at radius 3 is 2.48 bits per heavy atom. The van der Waals surface area contributed by atoms with Crippen LogP contribution in [0.3, 0.4) is 0 Å². The largest absolute Gasteiger partial charge is 0.325 e. The number of hydrogen-bond donors (Lipinski definition) is 1. The molecule has 0 saturated carbocycles. The minimum absolute atomic E-state index is 0.153. The predicted molar refractivity (Wildman–Crippen MR) is 125 cm³/mol. The molecule has 1 heterocycles. The first kappa shape index (κ1) is 23.1. The van der Waals surface area contributed by atoms with Crippen LogP contribution in [0.15, 0.2) is 58.7 Å². The molecule has 164 valence electrons. The normalized spacial score (nSPS) is 11.7. The number of amides is 1. The molecular weight excluding hydrogens is 432 g/mol.